The molecule has 104 valence electrons. The molecule has 0 saturated heterocycles. The van der Waals surface area contributed by atoms with Crippen molar-refractivity contribution >= 4 is 23.3 Å². The van der Waals surface area contributed by atoms with E-state index in [4.69, 9.17) is 4.74 Å². The molecule has 0 radical (unpaired) electrons. The van der Waals surface area contributed by atoms with E-state index in [-0.39, 0.29) is 0 Å². The molecule has 5 nitrogen and oxygen atoms in total. The van der Waals surface area contributed by atoms with Crippen molar-refractivity contribution in [1.82, 2.24) is 9.59 Å². The predicted molar refractivity (Wildman–Crippen MR) is 81.4 cm³/mol. The third-order valence-electron chi connectivity index (χ3n) is 2.73. The molecule has 1 aromatic heterocycles. The zero-order valence-corrected chi connectivity index (χ0v) is 11.7. The lowest BCUT2D eigenvalue weighted by molar-refractivity contribution is 0.215. The fourth-order valence-electron chi connectivity index (χ4n) is 1.75. The van der Waals surface area contributed by atoms with Gasteiger partial charge in [-0.2, -0.15) is 0 Å². The topological polar surface area (TPSA) is 64.1 Å². The van der Waals surface area contributed by atoms with Crippen molar-refractivity contribution in [1.29, 1.82) is 0 Å². The lowest BCUT2D eigenvalue weighted by Gasteiger charge is -2.06. The Hall–Kier alpha value is -2.73. The minimum absolute atomic E-state index is 0.502. The molecule has 0 aliphatic carbocycles. The first kappa shape index (κ1) is 13.3. The first-order valence-electron chi connectivity index (χ1n) is 6.23. The number of rotatable bonds is 3. The average molecular weight is 297 g/mol. The Kier molecular flexibility index (Phi) is 3.88. The van der Waals surface area contributed by atoms with Crippen LogP contribution in [0.3, 0.4) is 0 Å². The van der Waals surface area contributed by atoms with Crippen LogP contribution >= 0.6 is 11.5 Å². The number of hydrogen-bond acceptors (Lipinski definition) is 5. The third-order valence-corrected chi connectivity index (χ3v) is 3.44. The zero-order valence-electron chi connectivity index (χ0n) is 10.9. The molecule has 1 N–H and O–H groups in total. The fourth-order valence-corrected chi connectivity index (χ4v) is 2.27. The summed E-state index contributed by atoms with van der Waals surface area (Å²) in [4.78, 5) is 12.7. The number of nitrogens with zero attached hydrogens (tertiary/aromatic N) is 2. The van der Waals surface area contributed by atoms with Crippen LogP contribution < -0.4 is 10.1 Å². The zero-order chi connectivity index (χ0) is 14.5. The molecule has 0 bridgehead atoms. The van der Waals surface area contributed by atoms with E-state index in [9.17, 15) is 4.79 Å². The van der Waals surface area contributed by atoms with Crippen LogP contribution in [0.2, 0.25) is 0 Å². The Labute approximate surface area is 125 Å². The van der Waals surface area contributed by atoms with Gasteiger partial charge in [-0.1, -0.05) is 34.8 Å². The molecule has 0 spiro atoms. The summed E-state index contributed by atoms with van der Waals surface area (Å²) >= 11 is 1.32. The number of aromatic nitrogens is 2. The minimum Gasteiger partial charge on any atom is -0.410 e. The van der Waals surface area contributed by atoms with Gasteiger partial charge in [-0.05, 0) is 41.4 Å². The summed E-state index contributed by atoms with van der Waals surface area (Å²) in [6.07, 6.45) is 1.19. The van der Waals surface area contributed by atoms with E-state index in [1.165, 1.54) is 11.5 Å². The van der Waals surface area contributed by atoms with Gasteiger partial charge in [0, 0.05) is 5.69 Å². The van der Waals surface area contributed by atoms with Crippen LogP contribution in [0.15, 0.2) is 60.8 Å². The highest BCUT2D eigenvalue weighted by molar-refractivity contribution is 7.09. The first-order valence-corrected chi connectivity index (χ1v) is 7.00. The molecule has 0 saturated carbocycles. The van der Waals surface area contributed by atoms with Crippen molar-refractivity contribution in [2.75, 3.05) is 5.32 Å². The number of anilines is 1. The van der Waals surface area contributed by atoms with E-state index < -0.39 is 6.09 Å². The molecule has 0 fully saturated rings. The molecule has 0 aliphatic heterocycles. The summed E-state index contributed by atoms with van der Waals surface area (Å²) in [7, 11) is 0. The maximum atomic E-state index is 11.7. The molecular formula is C15H11N3O2S. The van der Waals surface area contributed by atoms with Crippen LogP contribution in [0.25, 0.3) is 10.4 Å². The number of nitrogens with one attached hydrogen (secondary N) is 1. The summed E-state index contributed by atoms with van der Waals surface area (Å²) in [5, 5.41) is 6.47. The molecule has 1 heterocycles. The number of ether oxygens (including phenoxy) is 1. The Balaban J connectivity index is 1.64. The molecule has 0 aliphatic rings. The fraction of sp³-hybridized carbons (Fsp3) is 0. The normalized spacial score (nSPS) is 10.1. The van der Waals surface area contributed by atoms with E-state index in [1.807, 2.05) is 18.2 Å². The molecule has 0 unspecified atom stereocenters. The van der Waals surface area contributed by atoms with Crippen LogP contribution in [-0.2, 0) is 0 Å². The van der Waals surface area contributed by atoms with Gasteiger partial charge < -0.3 is 4.74 Å². The van der Waals surface area contributed by atoms with Gasteiger partial charge in [-0.15, -0.1) is 5.10 Å². The van der Waals surface area contributed by atoms with E-state index in [0.717, 1.165) is 10.4 Å². The molecular weight excluding hydrogens is 286 g/mol. The second-order valence-electron chi connectivity index (χ2n) is 4.19. The van der Waals surface area contributed by atoms with Crippen LogP contribution in [0, 0.1) is 0 Å². The van der Waals surface area contributed by atoms with E-state index in [1.54, 1.807) is 42.6 Å². The SMILES string of the molecule is O=C(Nc1ccc(-c2cnns2)cc1)Oc1ccccc1. The van der Waals surface area contributed by atoms with Crippen molar-refractivity contribution in [2.24, 2.45) is 0 Å². The highest BCUT2D eigenvalue weighted by atomic mass is 32.1. The van der Waals surface area contributed by atoms with Crippen molar-refractivity contribution < 1.29 is 9.53 Å². The number of carbonyl (C=O) groups is 1. The van der Waals surface area contributed by atoms with E-state index in [0.29, 0.717) is 11.4 Å². The van der Waals surface area contributed by atoms with Gasteiger partial charge in [-0.25, -0.2) is 4.79 Å². The summed E-state index contributed by atoms with van der Waals surface area (Å²) in [5.74, 6) is 0.502. The molecule has 2 aromatic carbocycles. The third kappa shape index (κ3) is 3.43. The monoisotopic (exact) mass is 297 g/mol. The Morgan fingerprint density at radius 2 is 1.81 bits per heavy atom. The van der Waals surface area contributed by atoms with Crippen LogP contribution in [0.4, 0.5) is 10.5 Å². The van der Waals surface area contributed by atoms with Gasteiger partial charge in [0.05, 0.1) is 11.1 Å². The first-order chi connectivity index (χ1) is 10.3. The molecule has 3 rings (SSSR count). The molecule has 21 heavy (non-hydrogen) atoms. The number of benzene rings is 2. The average Bonchev–Trinajstić information content (AvgIpc) is 3.03. The Morgan fingerprint density at radius 3 is 2.48 bits per heavy atom. The highest BCUT2D eigenvalue weighted by Crippen LogP contribution is 2.23. The van der Waals surface area contributed by atoms with Gasteiger partial charge in [0.25, 0.3) is 0 Å². The largest absolute Gasteiger partial charge is 0.417 e. The maximum Gasteiger partial charge on any atom is 0.417 e. The van der Waals surface area contributed by atoms with Crippen LogP contribution in [0.5, 0.6) is 5.75 Å². The number of carbonyl (C=O) groups excluding carboxylic acids is 1. The van der Waals surface area contributed by atoms with Gasteiger partial charge >= 0.3 is 6.09 Å². The second-order valence-corrected chi connectivity index (χ2v) is 4.97. The number of para-hydroxylation sites is 1. The van der Waals surface area contributed by atoms with Crippen molar-refractivity contribution in [3.8, 4) is 16.2 Å². The molecule has 6 heteroatoms. The number of hydrogen-bond donors (Lipinski definition) is 1. The lowest BCUT2D eigenvalue weighted by Crippen LogP contribution is -2.16. The second kappa shape index (κ2) is 6.15. The smallest absolute Gasteiger partial charge is 0.410 e. The predicted octanol–water partition coefficient (Wildman–Crippen LogP) is 3.82. The van der Waals surface area contributed by atoms with Crippen LogP contribution in [0.1, 0.15) is 0 Å². The highest BCUT2D eigenvalue weighted by Gasteiger charge is 2.05. The minimum atomic E-state index is -0.520. The summed E-state index contributed by atoms with van der Waals surface area (Å²) < 4.78 is 8.97. The molecule has 3 aromatic rings. The Bertz CT molecular complexity index is 712. The summed E-state index contributed by atoms with van der Waals surface area (Å²) in [6, 6.07) is 16.3. The standard InChI is InChI=1S/C15H11N3O2S/c19-15(20-13-4-2-1-3-5-13)17-12-8-6-11(7-9-12)14-10-16-18-21-14/h1-10H,(H,17,19). The van der Waals surface area contributed by atoms with E-state index in [2.05, 4.69) is 14.9 Å². The molecule has 0 atom stereocenters. The summed E-state index contributed by atoms with van der Waals surface area (Å²) in [5.41, 5.74) is 1.67. The van der Waals surface area contributed by atoms with Crippen molar-refractivity contribution in [3.05, 3.63) is 60.8 Å². The van der Waals surface area contributed by atoms with Crippen molar-refractivity contribution in [3.63, 3.8) is 0 Å². The van der Waals surface area contributed by atoms with E-state index >= 15 is 0 Å². The summed E-state index contributed by atoms with van der Waals surface area (Å²) in [6.45, 7) is 0. The Morgan fingerprint density at radius 1 is 1.05 bits per heavy atom. The van der Waals surface area contributed by atoms with Gasteiger partial charge in [0.2, 0.25) is 0 Å². The molecule has 1 amide bonds. The quantitative estimate of drug-likeness (QED) is 0.798. The van der Waals surface area contributed by atoms with Gasteiger partial charge in [0.1, 0.15) is 5.75 Å². The number of amides is 1. The van der Waals surface area contributed by atoms with Crippen LogP contribution in [-0.4, -0.2) is 15.7 Å². The van der Waals surface area contributed by atoms with Crippen molar-refractivity contribution in [2.45, 2.75) is 0 Å². The van der Waals surface area contributed by atoms with Gasteiger partial charge in [-0.3, -0.25) is 5.32 Å². The van der Waals surface area contributed by atoms with Gasteiger partial charge in [0.15, 0.2) is 0 Å². The lowest BCUT2D eigenvalue weighted by atomic mass is 10.2. The maximum absolute atomic E-state index is 11.7.